The maximum absolute atomic E-state index is 12.2. The number of pyridine rings is 1. The highest BCUT2D eigenvalue weighted by Gasteiger charge is 2.17. The van der Waals surface area contributed by atoms with E-state index in [1.807, 2.05) is 29.8 Å². The lowest BCUT2D eigenvalue weighted by atomic mass is 10.1. The van der Waals surface area contributed by atoms with Crippen molar-refractivity contribution in [2.24, 2.45) is 0 Å². The molecular formula is C15H18BrN3O. The molecule has 2 rings (SSSR count). The maximum atomic E-state index is 12.2. The van der Waals surface area contributed by atoms with Crippen LogP contribution in [0.5, 0.6) is 0 Å². The van der Waals surface area contributed by atoms with Crippen molar-refractivity contribution in [3.63, 3.8) is 0 Å². The second-order valence-electron chi connectivity index (χ2n) is 4.59. The van der Waals surface area contributed by atoms with Crippen molar-refractivity contribution in [3.05, 3.63) is 46.0 Å². The number of aromatic nitrogens is 3. The van der Waals surface area contributed by atoms with E-state index in [-0.39, 0.29) is 5.78 Å². The first-order valence-electron chi connectivity index (χ1n) is 6.81. The third-order valence-electron chi connectivity index (χ3n) is 3.16. The van der Waals surface area contributed by atoms with Crippen LogP contribution in [0.25, 0.3) is 0 Å². The van der Waals surface area contributed by atoms with E-state index in [0.717, 1.165) is 34.5 Å². The highest BCUT2D eigenvalue weighted by atomic mass is 79.9. The Morgan fingerprint density at radius 2 is 2.10 bits per heavy atom. The molecule has 2 aromatic heterocycles. The number of hydrogen-bond acceptors (Lipinski definition) is 3. The molecule has 0 saturated carbocycles. The van der Waals surface area contributed by atoms with Crippen molar-refractivity contribution in [2.75, 3.05) is 0 Å². The summed E-state index contributed by atoms with van der Waals surface area (Å²) in [6.07, 6.45) is 3.32. The number of aryl methyl sites for hydroxylation is 2. The SMILES string of the molecule is CCc1nn(CC)c(CC(=O)Cc2ccccn2)c1Br. The molecule has 2 aromatic rings. The fraction of sp³-hybridized carbons (Fsp3) is 0.400. The lowest BCUT2D eigenvalue weighted by Crippen LogP contribution is -2.12. The molecule has 0 aliphatic rings. The molecule has 0 fully saturated rings. The smallest absolute Gasteiger partial charge is 0.144 e. The lowest BCUT2D eigenvalue weighted by Gasteiger charge is -2.05. The van der Waals surface area contributed by atoms with Crippen LogP contribution in [0.4, 0.5) is 0 Å². The summed E-state index contributed by atoms with van der Waals surface area (Å²) in [6.45, 7) is 4.86. The fourth-order valence-electron chi connectivity index (χ4n) is 2.14. The molecule has 0 unspecified atom stereocenters. The van der Waals surface area contributed by atoms with E-state index in [4.69, 9.17) is 0 Å². The van der Waals surface area contributed by atoms with Crippen LogP contribution >= 0.6 is 15.9 Å². The summed E-state index contributed by atoms with van der Waals surface area (Å²) in [5, 5.41) is 4.51. The van der Waals surface area contributed by atoms with Crippen LogP contribution in [0.15, 0.2) is 28.9 Å². The summed E-state index contributed by atoms with van der Waals surface area (Å²) in [4.78, 5) is 16.4. The second kappa shape index (κ2) is 6.79. The molecule has 5 heteroatoms. The van der Waals surface area contributed by atoms with Gasteiger partial charge in [0.25, 0.3) is 0 Å². The summed E-state index contributed by atoms with van der Waals surface area (Å²) in [6, 6.07) is 5.63. The van der Waals surface area contributed by atoms with E-state index in [0.29, 0.717) is 12.8 Å². The van der Waals surface area contributed by atoms with E-state index >= 15 is 0 Å². The van der Waals surface area contributed by atoms with Gasteiger partial charge in [-0.25, -0.2) is 0 Å². The molecule has 0 amide bonds. The Bertz CT molecular complexity index is 593. The van der Waals surface area contributed by atoms with Crippen molar-refractivity contribution in [3.8, 4) is 0 Å². The van der Waals surface area contributed by atoms with Crippen LogP contribution in [0.1, 0.15) is 30.9 Å². The van der Waals surface area contributed by atoms with Crippen LogP contribution in [-0.2, 0) is 30.6 Å². The molecule has 0 aliphatic carbocycles. The molecule has 0 N–H and O–H groups in total. The lowest BCUT2D eigenvalue weighted by molar-refractivity contribution is -0.117. The topological polar surface area (TPSA) is 47.8 Å². The Hall–Kier alpha value is -1.49. The summed E-state index contributed by atoms with van der Waals surface area (Å²) >= 11 is 3.57. The van der Waals surface area contributed by atoms with Crippen molar-refractivity contribution in [1.82, 2.24) is 14.8 Å². The summed E-state index contributed by atoms with van der Waals surface area (Å²) in [5.74, 6) is 0.154. The quantitative estimate of drug-likeness (QED) is 0.815. The third-order valence-corrected chi connectivity index (χ3v) is 4.08. The van der Waals surface area contributed by atoms with E-state index < -0.39 is 0 Å². The average Bonchev–Trinajstić information content (AvgIpc) is 2.76. The van der Waals surface area contributed by atoms with Gasteiger partial charge in [0.05, 0.1) is 15.9 Å². The minimum atomic E-state index is 0.154. The Balaban J connectivity index is 2.13. The predicted molar refractivity (Wildman–Crippen MR) is 81.6 cm³/mol. The first kappa shape index (κ1) is 14.9. The fourth-order valence-corrected chi connectivity index (χ4v) is 2.84. The predicted octanol–water partition coefficient (Wildman–Crippen LogP) is 2.98. The van der Waals surface area contributed by atoms with Crippen LogP contribution in [0, 0.1) is 0 Å². The Morgan fingerprint density at radius 3 is 2.70 bits per heavy atom. The van der Waals surface area contributed by atoms with Gasteiger partial charge in [0, 0.05) is 31.3 Å². The van der Waals surface area contributed by atoms with Gasteiger partial charge in [0.1, 0.15) is 5.78 Å². The molecule has 4 nitrogen and oxygen atoms in total. The molecular weight excluding hydrogens is 318 g/mol. The van der Waals surface area contributed by atoms with Crippen molar-refractivity contribution < 1.29 is 4.79 Å². The molecule has 2 heterocycles. The van der Waals surface area contributed by atoms with Crippen LogP contribution < -0.4 is 0 Å². The van der Waals surface area contributed by atoms with Crippen molar-refractivity contribution in [2.45, 2.75) is 39.7 Å². The molecule has 0 bridgehead atoms. The third kappa shape index (κ3) is 3.33. The Kier molecular flexibility index (Phi) is 5.06. The number of hydrogen-bond donors (Lipinski definition) is 0. The van der Waals surface area contributed by atoms with Crippen LogP contribution in [-0.4, -0.2) is 20.5 Å². The number of carbonyl (C=O) groups is 1. The van der Waals surface area contributed by atoms with Gasteiger partial charge in [-0.15, -0.1) is 0 Å². The standard InChI is InChI=1S/C15H18BrN3O/c1-3-13-15(16)14(19(4-2)18-13)10-12(20)9-11-7-5-6-8-17-11/h5-8H,3-4,9-10H2,1-2H3. The molecule has 0 spiro atoms. The first-order valence-corrected chi connectivity index (χ1v) is 7.60. The number of nitrogens with zero attached hydrogens (tertiary/aromatic N) is 3. The van der Waals surface area contributed by atoms with Gasteiger partial charge in [-0.05, 0) is 41.4 Å². The van der Waals surface area contributed by atoms with Gasteiger partial charge in [0.15, 0.2) is 0 Å². The molecule has 0 aromatic carbocycles. The molecule has 0 saturated heterocycles. The second-order valence-corrected chi connectivity index (χ2v) is 5.38. The van der Waals surface area contributed by atoms with Crippen LogP contribution in [0.3, 0.4) is 0 Å². The molecule has 0 aliphatic heterocycles. The van der Waals surface area contributed by atoms with Gasteiger partial charge in [-0.2, -0.15) is 5.10 Å². The number of rotatable bonds is 6. The zero-order valence-electron chi connectivity index (χ0n) is 11.8. The molecule has 0 radical (unpaired) electrons. The normalized spacial score (nSPS) is 10.8. The minimum absolute atomic E-state index is 0.154. The molecule has 106 valence electrons. The minimum Gasteiger partial charge on any atom is -0.299 e. The highest BCUT2D eigenvalue weighted by molar-refractivity contribution is 9.10. The summed E-state index contributed by atoms with van der Waals surface area (Å²) in [7, 11) is 0. The average molecular weight is 336 g/mol. The monoisotopic (exact) mass is 335 g/mol. The van der Waals surface area contributed by atoms with Crippen molar-refractivity contribution >= 4 is 21.7 Å². The number of ketones is 1. The Morgan fingerprint density at radius 1 is 1.30 bits per heavy atom. The highest BCUT2D eigenvalue weighted by Crippen LogP contribution is 2.23. The van der Waals surface area contributed by atoms with E-state index in [1.54, 1.807) is 6.20 Å². The van der Waals surface area contributed by atoms with Crippen molar-refractivity contribution in [1.29, 1.82) is 0 Å². The van der Waals surface area contributed by atoms with E-state index in [2.05, 4.69) is 32.9 Å². The number of carbonyl (C=O) groups excluding carboxylic acids is 1. The van der Waals surface area contributed by atoms with Gasteiger partial charge in [-0.3, -0.25) is 14.5 Å². The first-order chi connectivity index (χ1) is 9.65. The van der Waals surface area contributed by atoms with E-state index in [9.17, 15) is 4.79 Å². The zero-order valence-corrected chi connectivity index (χ0v) is 13.4. The summed E-state index contributed by atoms with van der Waals surface area (Å²) < 4.78 is 2.87. The largest absolute Gasteiger partial charge is 0.299 e. The molecule has 0 atom stereocenters. The zero-order chi connectivity index (χ0) is 14.5. The maximum Gasteiger partial charge on any atom is 0.144 e. The number of halogens is 1. The number of Topliss-reactive ketones (excluding diaryl/α,β-unsaturated/α-hetero) is 1. The molecule has 20 heavy (non-hydrogen) atoms. The van der Waals surface area contributed by atoms with E-state index in [1.165, 1.54) is 0 Å². The Labute approximate surface area is 127 Å². The van der Waals surface area contributed by atoms with Crippen LogP contribution in [0.2, 0.25) is 0 Å². The van der Waals surface area contributed by atoms with Gasteiger partial charge in [0.2, 0.25) is 0 Å². The van der Waals surface area contributed by atoms with Gasteiger partial charge < -0.3 is 0 Å². The summed E-state index contributed by atoms with van der Waals surface area (Å²) in [5.41, 5.74) is 2.78. The van der Waals surface area contributed by atoms with Gasteiger partial charge >= 0.3 is 0 Å². The van der Waals surface area contributed by atoms with Gasteiger partial charge in [-0.1, -0.05) is 13.0 Å².